The second-order valence-corrected chi connectivity index (χ2v) is 17.1. The van der Waals surface area contributed by atoms with Crippen LogP contribution in [0.2, 0.25) is 0 Å². The van der Waals surface area contributed by atoms with Gasteiger partial charge in [-0.25, -0.2) is 0 Å². The number of nitrogens with zero attached hydrogens (tertiary/aromatic N) is 2. The Morgan fingerprint density at radius 1 is 0.431 bits per heavy atom. The monoisotopic (exact) mass is 1140 g/mol. The molecule has 378 valence electrons. The molecule has 0 radical (unpaired) electrons. The molecule has 0 saturated heterocycles. The SMILES string of the molecule is CNCC(=O)Nc1c(Br)c(C(=O)N(CC(O)C(O)C(O)C(O)CO)CC(O)C(O)C(O)C(O)CO)c(Br)c(C(=O)N(CC(O)C(O)C(O)C(O)CO)CC(O)C(O)C(O)C(O)CO)c1Br. The number of carbonyl (C=O) groups is 3. The lowest BCUT2D eigenvalue weighted by atomic mass is 9.99. The van der Waals surface area contributed by atoms with Gasteiger partial charge in [0.25, 0.3) is 11.8 Å². The van der Waals surface area contributed by atoms with Crippen LogP contribution in [-0.4, -0.2) is 294 Å². The molecule has 0 aliphatic carbocycles. The van der Waals surface area contributed by atoms with Crippen LogP contribution in [-0.2, 0) is 4.79 Å². The highest BCUT2D eigenvalue weighted by molar-refractivity contribution is 9.11. The van der Waals surface area contributed by atoms with Crippen LogP contribution in [0.15, 0.2) is 13.4 Å². The van der Waals surface area contributed by atoms with Crippen molar-refractivity contribution in [3.05, 3.63) is 24.5 Å². The van der Waals surface area contributed by atoms with E-state index in [1.165, 1.54) is 7.05 Å². The first-order valence-electron chi connectivity index (χ1n) is 19.3. The number of rotatable bonds is 29. The third-order valence-corrected chi connectivity index (χ3v) is 12.2. The van der Waals surface area contributed by atoms with Gasteiger partial charge in [0.15, 0.2) is 0 Å². The zero-order valence-electron chi connectivity index (χ0n) is 34.3. The normalized spacial score (nSPS) is 19.5. The molecule has 30 heteroatoms. The molecule has 0 saturated carbocycles. The van der Waals surface area contributed by atoms with Crippen molar-refractivity contribution in [3.8, 4) is 0 Å². The first-order chi connectivity index (χ1) is 30.2. The highest BCUT2D eigenvalue weighted by atomic mass is 79.9. The lowest BCUT2D eigenvalue weighted by Gasteiger charge is -2.35. The predicted octanol–water partition coefficient (Wildman–Crippen LogP) is -10.2. The van der Waals surface area contributed by atoms with Crippen LogP contribution in [0.3, 0.4) is 0 Å². The number of anilines is 1. The number of hydrogen-bond acceptors (Lipinski definition) is 24. The molecule has 3 amide bonds. The number of halogens is 3. The average molecular weight is 1140 g/mol. The summed E-state index contributed by atoms with van der Waals surface area (Å²) in [6, 6.07) is 0. The summed E-state index contributed by atoms with van der Waals surface area (Å²) in [7, 11) is 1.36. The minimum absolute atomic E-state index is 0.420. The van der Waals surface area contributed by atoms with E-state index in [2.05, 4.69) is 58.4 Å². The number of carbonyl (C=O) groups excluding carboxylic acids is 3. The van der Waals surface area contributed by atoms with Gasteiger partial charge in [0, 0.05) is 30.7 Å². The van der Waals surface area contributed by atoms with Crippen LogP contribution in [0.1, 0.15) is 20.7 Å². The fourth-order valence-corrected chi connectivity index (χ4v) is 8.74. The Bertz CT molecular complexity index is 1500. The van der Waals surface area contributed by atoms with Gasteiger partial charge in [-0.1, -0.05) is 0 Å². The molecule has 0 spiro atoms. The standard InChI is InChI=1S/C35H59Br3N4O23/c1-39-2-19(55)40-25-23(37)20(34(64)41(3-11(47)26(56)30(60)15(51)7-43)4-12(48)27(57)31(61)16(52)8-44)22(36)21(24(25)38)35(65)42(5-13(49)28(58)32(62)17(53)9-45)6-14(50)29(59)33(63)18(54)10-46/h11-18,26-33,39,43-54,56-63H,2-10H2,1H3,(H,40,55). The van der Waals surface area contributed by atoms with Gasteiger partial charge in [0.2, 0.25) is 5.91 Å². The van der Waals surface area contributed by atoms with Crippen LogP contribution in [0.5, 0.6) is 0 Å². The van der Waals surface area contributed by atoms with Gasteiger partial charge < -0.3 is 123 Å². The molecule has 0 aromatic heterocycles. The highest BCUT2D eigenvalue weighted by Gasteiger charge is 2.41. The summed E-state index contributed by atoms with van der Waals surface area (Å²) in [5.41, 5.74) is -1.97. The largest absolute Gasteiger partial charge is 0.394 e. The number of hydrogen-bond donors (Lipinski definition) is 22. The van der Waals surface area contributed by atoms with Crippen LogP contribution in [0, 0.1) is 0 Å². The highest BCUT2D eigenvalue weighted by Crippen LogP contribution is 2.44. The zero-order valence-corrected chi connectivity index (χ0v) is 39.1. The number of benzene rings is 1. The molecule has 16 unspecified atom stereocenters. The van der Waals surface area contributed by atoms with E-state index in [1.54, 1.807) is 0 Å². The average Bonchev–Trinajstić information content (AvgIpc) is 3.28. The van der Waals surface area contributed by atoms with E-state index in [0.29, 0.717) is 9.80 Å². The molecule has 27 nitrogen and oxygen atoms in total. The first-order valence-corrected chi connectivity index (χ1v) is 21.6. The Hall–Kier alpha value is -1.77. The molecule has 16 atom stereocenters. The molecule has 0 heterocycles. The molecule has 1 rings (SSSR count). The van der Waals surface area contributed by atoms with Crippen molar-refractivity contribution in [1.29, 1.82) is 0 Å². The summed E-state index contributed by atoms with van der Waals surface area (Å²) in [4.78, 5) is 43.3. The fourth-order valence-electron chi connectivity index (χ4n) is 5.88. The molecular formula is C35H59Br3N4O23. The molecule has 65 heavy (non-hydrogen) atoms. The van der Waals surface area contributed by atoms with Gasteiger partial charge in [-0.3, -0.25) is 14.4 Å². The molecule has 22 N–H and O–H groups in total. The fraction of sp³-hybridized carbons (Fsp3) is 0.743. The minimum Gasteiger partial charge on any atom is -0.394 e. The molecule has 0 aliphatic heterocycles. The Kier molecular flexibility index (Phi) is 27.0. The summed E-state index contributed by atoms with van der Waals surface area (Å²) in [6.45, 7) is -9.63. The van der Waals surface area contributed by atoms with Crippen LogP contribution in [0.4, 0.5) is 5.69 Å². The van der Waals surface area contributed by atoms with E-state index in [9.17, 15) is 117 Å². The van der Waals surface area contributed by atoms with Gasteiger partial charge in [-0.05, 0) is 54.8 Å². The summed E-state index contributed by atoms with van der Waals surface area (Å²) < 4.78 is -1.48. The topological polar surface area (TPSA) is 486 Å². The van der Waals surface area contributed by atoms with Gasteiger partial charge in [0.05, 0.1) is 58.7 Å². The van der Waals surface area contributed by atoms with Gasteiger partial charge in [-0.15, -0.1) is 0 Å². The lowest BCUT2D eigenvalue weighted by molar-refractivity contribution is -0.127. The van der Waals surface area contributed by atoms with Gasteiger partial charge >= 0.3 is 0 Å². The molecule has 0 bridgehead atoms. The van der Waals surface area contributed by atoms with E-state index in [0.717, 1.165) is 0 Å². The van der Waals surface area contributed by atoms with Crippen molar-refractivity contribution in [2.24, 2.45) is 0 Å². The van der Waals surface area contributed by atoms with E-state index in [1.807, 2.05) is 0 Å². The Balaban J connectivity index is 4.28. The van der Waals surface area contributed by atoms with Crippen LogP contribution >= 0.6 is 47.8 Å². The van der Waals surface area contributed by atoms with E-state index >= 15 is 0 Å². The predicted molar refractivity (Wildman–Crippen MR) is 228 cm³/mol. The number of amides is 3. The van der Waals surface area contributed by atoms with E-state index in [4.69, 9.17) is 0 Å². The van der Waals surface area contributed by atoms with E-state index < -0.39 is 205 Å². The summed E-state index contributed by atoms with van der Waals surface area (Å²) >= 11 is 9.42. The van der Waals surface area contributed by atoms with Crippen molar-refractivity contribution in [2.75, 3.05) is 71.5 Å². The molecular weight excluding hydrogens is 1080 g/mol. The Labute approximate surface area is 395 Å². The number of likely N-dealkylation sites (N-methyl/N-ethyl adjacent to an activating group) is 1. The van der Waals surface area contributed by atoms with Gasteiger partial charge in [0.1, 0.15) is 97.7 Å². The summed E-state index contributed by atoms with van der Waals surface area (Å²) in [6.07, 6.45) is -36.0. The van der Waals surface area contributed by atoms with Crippen molar-refractivity contribution >= 4 is 71.2 Å². The lowest BCUT2D eigenvalue weighted by Crippen LogP contribution is -2.54. The minimum atomic E-state index is -2.37. The molecule has 1 aromatic carbocycles. The third-order valence-electron chi connectivity index (χ3n) is 9.85. The van der Waals surface area contributed by atoms with E-state index in [-0.39, 0.29) is 0 Å². The number of nitrogens with one attached hydrogen (secondary N) is 2. The second kappa shape index (κ2) is 28.7. The smallest absolute Gasteiger partial charge is 0.256 e. The summed E-state index contributed by atoms with van der Waals surface area (Å²) in [5, 5.41) is 209. The van der Waals surface area contributed by atoms with Crippen molar-refractivity contribution in [2.45, 2.75) is 97.7 Å². The Morgan fingerprint density at radius 2 is 0.662 bits per heavy atom. The number of aliphatic hydroxyl groups is 20. The second-order valence-electron chi connectivity index (χ2n) is 14.8. The summed E-state index contributed by atoms with van der Waals surface area (Å²) in [5.74, 6) is -3.71. The maximum atomic E-state index is 14.7. The third kappa shape index (κ3) is 16.4. The molecule has 0 aliphatic rings. The Morgan fingerprint density at radius 3 is 0.877 bits per heavy atom. The zero-order chi connectivity index (χ0) is 50.4. The van der Waals surface area contributed by atoms with Crippen LogP contribution < -0.4 is 10.6 Å². The maximum absolute atomic E-state index is 14.7. The van der Waals surface area contributed by atoms with Crippen LogP contribution in [0.25, 0.3) is 0 Å². The van der Waals surface area contributed by atoms with Crippen molar-refractivity contribution < 1.29 is 117 Å². The van der Waals surface area contributed by atoms with Crippen molar-refractivity contribution in [1.82, 2.24) is 15.1 Å². The van der Waals surface area contributed by atoms with Crippen molar-refractivity contribution in [3.63, 3.8) is 0 Å². The van der Waals surface area contributed by atoms with Gasteiger partial charge in [-0.2, -0.15) is 0 Å². The quantitative estimate of drug-likeness (QED) is 0.0354. The molecule has 1 aromatic rings. The first kappa shape index (κ1) is 61.2. The maximum Gasteiger partial charge on any atom is 0.256 e. The number of aliphatic hydroxyl groups excluding tert-OH is 20. The molecule has 0 fully saturated rings.